The molecule has 2 rings (SSSR count). The summed E-state index contributed by atoms with van der Waals surface area (Å²) in [5.41, 5.74) is 6.51. The number of β-amino-alcohol motifs (C(OH)–C–C–N with tert-alkyl or cyclic N) is 1. The smallest absolute Gasteiger partial charge is 0.239 e. The number of nitrogens with two attached hydrogens (primary N) is 1. The molecule has 0 aromatic heterocycles. The van der Waals surface area contributed by atoms with Gasteiger partial charge < -0.3 is 10.8 Å². The average Bonchev–Trinajstić information content (AvgIpc) is 2.43. The Kier molecular flexibility index (Phi) is 5.54. The summed E-state index contributed by atoms with van der Waals surface area (Å²) >= 11 is 3.39. The Morgan fingerprint density at radius 3 is 2.35 bits per heavy atom. The van der Waals surface area contributed by atoms with E-state index in [9.17, 15) is 4.79 Å². The van der Waals surface area contributed by atoms with Crippen LogP contribution >= 0.6 is 15.9 Å². The van der Waals surface area contributed by atoms with E-state index < -0.39 is 0 Å². The van der Waals surface area contributed by atoms with Crippen molar-refractivity contribution in [3.05, 3.63) is 34.3 Å². The van der Waals surface area contributed by atoms with Crippen LogP contribution in [0.1, 0.15) is 11.6 Å². The number of halogens is 1. The van der Waals surface area contributed by atoms with Crippen molar-refractivity contribution in [1.29, 1.82) is 0 Å². The van der Waals surface area contributed by atoms with Crippen molar-refractivity contribution in [2.24, 2.45) is 5.73 Å². The highest BCUT2D eigenvalue weighted by atomic mass is 79.9. The number of amides is 1. The van der Waals surface area contributed by atoms with E-state index in [-0.39, 0.29) is 18.6 Å². The van der Waals surface area contributed by atoms with E-state index in [0.717, 1.165) is 36.2 Å². The summed E-state index contributed by atoms with van der Waals surface area (Å²) in [6, 6.07) is 7.33. The van der Waals surface area contributed by atoms with E-state index in [0.29, 0.717) is 6.54 Å². The molecule has 1 aliphatic rings. The molecule has 0 aliphatic carbocycles. The maximum absolute atomic E-state index is 11.8. The zero-order valence-electron chi connectivity index (χ0n) is 11.3. The molecule has 1 atom stereocenters. The number of carbonyl (C=O) groups is 1. The lowest BCUT2D eigenvalue weighted by atomic mass is 10.0. The first-order valence-corrected chi connectivity index (χ1v) is 7.53. The van der Waals surface area contributed by atoms with E-state index in [4.69, 9.17) is 10.8 Å². The molecule has 1 saturated heterocycles. The summed E-state index contributed by atoms with van der Waals surface area (Å²) in [6.45, 7) is 4.12. The summed E-state index contributed by atoms with van der Waals surface area (Å²) in [6.07, 6.45) is 0. The Hall–Kier alpha value is -0.950. The predicted octanol–water partition coefficient (Wildman–Crippen LogP) is 0.585. The zero-order valence-corrected chi connectivity index (χ0v) is 12.9. The van der Waals surface area contributed by atoms with E-state index in [1.165, 1.54) is 0 Å². The van der Waals surface area contributed by atoms with Crippen molar-refractivity contribution >= 4 is 21.8 Å². The minimum Gasteiger partial charge on any atom is -0.395 e. The minimum atomic E-state index is -0.376. The van der Waals surface area contributed by atoms with Gasteiger partial charge in [0, 0.05) is 37.2 Å². The van der Waals surface area contributed by atoms with Gasteiger partial charge in [-0.15, -0.1) is 0 Å². The molecule has 0 spiro atoms. The third-order valence-electron chi connectivity index (χ3n) is 3.64. The van der Waals surface area contributed by atoms with Crippen LogP contribution in [0.5, 0.6) is 0 Å². The Labute approximate surface area is 127 Å². The molecule has 1 heterocycles. The fourth-order valence-corrected chi connectivity index (χ4v) is 2.85. The number of benzene rings is 1. The third kappa shape index (κ3) is 3.79. The third-order valence-corrected chi connectivity index (χ3v) is 4.17. The van der Waals surface area contributed by atoms with Gasteiger partial charge in [0.25, 0.3) is 0 Å². The SMILES string of the molecule is NC(=O)[C@@H](c1ccc(Br)cc1)N1CCN(CCO)CC1. The molecule has 6 heteroatoms. The molecular weight excluding hydrogens is 322 g/mol. The molecule has 1 aromatic carbocycles. The number of primary amides is 1. The Bertz CT molecular complexity index is 444. The summed E-state index contributed by atoms with van der Waals surface area (Å²) in [7, 11) is 0. The van der Waals surface area contributed by atoms with E-state index in [1.807, 2.05) is 24.3 Å². The van der Waals surface area contributed by atoms with Crippen LogP contribution in [-0.2, 0) is 4.79 Å². The first-order valence-electron chi connectivity index (χ1n) is 6.74. The molecule has 1 amide bonds. The van der Waals surface area contributed by atoms with Gasteiger partial charge in [0.1, 0.15) is 6.04 Å². The highest BCUT2D eigenvalue weighted by Crippen LogP contribution is 2.23. The summed E-state index contributed by atoms with van der Waals surface area (Å²) in [5.74, 6) is -0.317. The van der Waals surface area contributed by atoms with Crippen molar-refractivity contribution in [3.8, 4) is 0 Å². The highest BCUT2D eigenvalue weighted by Gasteiger charge is 2.28. The molecule has 0 radical (unpaired) electrons. The van der Waals surface area contributed by atoms with Crippen LogP contribution < -0.4 is 5.73 Å². The molecule has 20 heavy (non-hydrogen) atoms. The molecule has 1 fully saturated rings. The van der Waals surface area contributed by atoms with Crippen molar-refractivity contribution in [2.75, 3.05) is 39.3 Å². The number of hydrogen-bond acceptors (Lipinski definition) is 4. The Balaban J connectivity index is 2.07. The summed E-state index contributed by atoms with van der Waals surface area (Å²) < 4.78 is 0.984. The molecule has 1 aliphatic heterocycles. The van der Waals surface area contributed by atoms with Gasteiger partial charge >= 0.3 is 0 Å². The largest absolute Gasteiger partial charge is 0.395 e. The van der Waals surface area contributed by atoms with Crippen molar-refractivity contribution in [2.45, 2.75) is 6.04 Å². The number of rotatable bonds is 5. The van der Waals surface area contributed by atoms with Gasteiger partial charge in [-0.2, -0.15) is 0 Å². The number of carbonyl (C=O) groups excluding carboxylic acids is 1. The molecule has 1 aromatic rings. The van der Waals surface area contributed by atoms with Crippen molar-refractivity contribution < 1.29 is 9.90 Å². The van der Waals surface area contributed by atoms with Crippen molar-refractivity contribution in [1.82, 2.24) is 9.80 Å². The summed E-state index contributed by atoms with van der Waals surface area (Å²) in [5, 5.41) is 8.95. The topological polar surface area (TPSA) is 69.8 Å². The van der Waals surface area contributed by atoms with E-state index in [1.54, 1.807) is 0 Å². The monoisotopic (exact) mass is 341 g/mol. The molecule has 0 bridgehead atoms. The molecule has 110 valence electrons. The highest BCUT2D eigenvalue weighted by molar-refractivity contribution is 9.10. The lowest BCUT2D eigenvalue weighted by Gasteiger charge is -2.38. The van der Waals surface area contributed by atoms with Gasteiger partial charge in [-0.05, 0) is 17.7 Å². The van der Waals surface area contributed by atoms with Crippen LogP contribution in [-0.4, -0.2) is 60.1 Å². The number of piperazine rings is 1. The summed E-state index contributed by atoms with van der Waals surface area (Å²) in [4.78, 5) is 16.1. The fraction of sp³-hybridized carbons (Fsp3) is 0.500. The lowest BCUT2D eigenvalue weighted by molar-refractivity contribution is -0.124. The van der Waals surface area contributed by atoms with Crippen LogP contribution in [0.2, 0.25) is 0 Å². The van der Waals surface area contributed by atoms with Gasteiger partial charge in [-0.25, -0.2) is 0 Å². The number of aliphatic hydroxyl groups excluding tert-OH is 1. The van der Waals surface area contributed by atoms with Crippen LogP contribution in [0.15, 0.2) is 28.7 Å². The van der Waals surface area contributed by atoms with Gasteiger partial charge in [-0.3, -0.25) is 14.6 Å². The fourth-order valence-electron chi connectivity index (χ4n) is 2.59. The number of nitrogens with zero attached hydrogens (tertiary/aromatic N) is 2. The van der Waals surface area contributed by atoms with E-state index >= 15 is 0 Å². The molecular formula is C14H20BrN3O2. The number of hydrogen-bond donors (Lipinski definition) is 2. The van der Waals surface area contributed by atoms with Crippen LogP contribution in [0.25, 0.3) is 0 Å². The van der Waals surface area contributed by atoms with Gasteiger partial charge in [-0.1, -0.05) is 28.1 Å². The maximum Gasteiger partial charge on any atom is 0.239 e. The second kappa shape index (κ2) is 7.17. The molecule has 0 unspecified atom stereocenters. The van der Waals surface area contributed by atoms with Crippen molar-refractivity contribution in [3.63, 3.8) is 0 Å². The normalized spacial score (nSPS) is 18.9. The molecule has 0 saturated carbocycles. The van der Waals surface area contributed by atoms with Crippen LogP contribution in [0, 0.1) is 0 Å². The second-order valence-corrected chi connectivity index (χ2v) is 5.87. The first-order chi connectivity index (χ1) is 9.61. The quantitative estimate of drug-likeness (QED) is 0.822. The standard InChI is InChI=1S/C14H20BrN3O2/c15-12-3-1-11(2-4-12)13(14(16)20)18-7-5-17(6-8-18)9-10-19/h1-4,13,19H,5-10H2,(H2,16,20)/t13-/m1/s1. The minimum absolute atomic E-state index is 0.173. The average molecular weight is 342 g/mol. The van der Waals surface area contributed by atoms with E-state index in [2.05, 4.69) is 25.7 Å². The van der Waals surface area contributed by atoms with Crippen LogP contribution in [0.3, 0.4) is 0 Å². The number of aliphatic hydroxyl groups is 1. The van der Waals surface area contributed by atoms with Gasteiger partial charge in [0.15, 0.2) is 0 Å². The predicted molar refractivity (Wildman–Crippen MR) is 81.2 cm³/mol. The zero-order chi connectivity index (χ0) is 14.5. The first kappa shape index (κ1) is 15.4. The second-order valence-electron chi connectivity index (χ2n) is 4.96. The maximum atomic E-state index is 11.8. The van der Waals surface area contributed by atoms with Crippen LogP contribution in [0.4, 0.5) is 0 Å². The molecule has 5 nitrogen and oxygen atoms in total. The van der Waals surface area contributed by atoms with Gasteiger partial charge in [0.05, 0.1) is 6.61 Å². The van der Waals surface area contributed by atoms with Gasteiger partial charge in [0.2, 0.25) is 5.91 Å². The Morgan fingerprint density at radius 2 is 1.85 bits per heavy atom. The lowest BCUT2D eigenvalue weighted by Crippen LogP contribution is -2.50. The Morgan fingerprint density at radius 1 is 1.25 bits per heavy atom. The molecule has 3 N–H and O–H groups in total.